The quantitative estimate of drug-likeness (QED) is 0.365. The fourth-order valence-corrected chi connectivity index (χ4v) is 2.67. The van der Waals surface area contributed by atoms with Gasteiger partial charge in [0.05, 0.1) is 12.1 Å². The lowest BCUT2D eigenvalue weighted by atomic mass is 9.80. The molecule has 134 valence electrons. The Morgan fingerprint density at radius 2 is 1.76 bits per heavy atom. The lowest BCUT2D eigenvalue weighted by Crippen LogP contribution is -2.49. The van der Waals surface area contributed by atoms with Gasteiger partial charge in [-0.15, -0.1) is 24.0 Å². The number of aryl methyl sites for hydroxylation is 1. The Morgan fingerprint density at radius 1 is 1.08 bits per heavy atom. The molecule has 0 amide bonds. The minimum Gasteiger partial charge on any atom is -0.388 e. The molecule has 3 N–H and O–H groups in total. The fourth-order valence-electron chi connectivity index (χ4n) is 2.67. The van der Waals surface area contributed by atoms with Crippen LogP contribution in [0.1, 0.15) is 30.4 Å². The zero-order chi connectivity index (χ0) is 16.8. The van der Waals surface area contributed by atoms with Gasteiger partial charge in [-0.05, 0) is 43.9 Å². The SMILES string of the molecule is Cc1ccc(CN=C(NCC2(O)CCC2)Nc2ccccc2)cc1.I. The Labute approximate surface area is 166 Å². The summed E-state index contributed by atoms with van der Waals surface area (Å²) in [6.45, 7) is 3.21. The van der Waals surface area contributed by atoms with Crippen LogP contribution < -0.4 is 10.6 Å². The van der Waals surface area contributed by atoms with Crippen molar-refractivity contribution in [2.75, 3.05) is 11.9 Å². The van der Waals surface area contributed by atoms with E-state index in [1.165, 1.54) is 5.56 Å². The third-order valence-electron chi connectivity index (χ3n) is 4.45. The number of nitrogens with one attached hydrogen (secondary N) is 2. The number of hydrogen-bond acceptors (Lipinski definition) is 2. The van der Waals surface area contributed by atoms with Crippen LogP contribution in [-0.4, -0.2) is 23.2 Å². The summed E-state index contributed by atoms with van der Waals surface area (Å²) in [5, 5.41) is 16.9. The predicted octanol–water partition coefficient (Wildman–Crippen LogP) is 4.09. The largest absolute Gasteiger partial charge is 0.388 e. The van der Waals surface area contributed by atoms with Gasteiger partial charge in [-0.3, -0.25) is 0 Å². The molecule has 1 aliphatic rings. The number of aliphatic hydroxyl groups is 1. The minimum absolute atomic E-state index is 0. The van der Waals surface area contributed by atoms with Crippen molar-refractivity contribution >= 4 is 35.6 Å². The van der Waals surface area contributed by atoms with Crippen LogP contribution in [0.3, 0.4) is 0 Å². The molecule has 0 aliphatic heterocycles. The molecule has 0 aromatic heterocycles. The number of para-hydroxylation sites is 1. The van der Waals surface area contributed by atoms with Crippen LogP contribution in [0.25, 0.3) is 0 Å². The van der Waals surface area contributed by atoms with Gasteiger partial charge >= 0.3 is 0 Å². The summed E-state index contributed by atoms with van der Waals surface area (Å²) in [6.07, 6.45) is 2.81. The summed E-state index contributed by atoms with van der Waals surface area (Å²) in [5.41, 5.74) is 2.81. The molecule has 5 heteroatoms. The van der Waals surface area contributed by atoms with Gasteiger partial charge in [-0.25, -0.2) is 4.99 Å². The summed E-state index contributed by atoms with van der Waals surface area (Å²) in [5.74, 6) is 0.696. The molecule has 0 saturated heterocycles. The molecule has 0 heterocycles. The highest BCUT2D eigenvalue weighted by Crippen LogP contribution is 2.30. The number of nitrogens with zero attached hydrogens (tertiary/aromatic N) is 1. The Balaban J connectivity index is 0.00000225. The van der Waals surface area contributed by atoms with Gasteiger partial charge in [0.2, 0.25) is 0 Å². The highest BCUT2D eigenvalue weighted by atomic mass is 127. The van der Waals surface area contributed by atoms with Crippen molar-refractivity contribution in [1.29, 1.82) is 0 Å². The maximum absolute atomic E-state index is 10.3. The number of guanidine groups is 1. The summed E-state index contributed by atoms with van der Waals surface area (Å²) >= 11 is 0. The molecule has 25 heavy (non-hydrogen) atoms. The van der Waals surface area contributed by atoms with Crippen molar-refractivity contribution < 1.29 is 5.11 Å². The van der Waals surface area contributed by atoms with Crippen LogP contribution >= 0.6 is 24.0 Å². The lowest BCUT2D eigenvalue weighted by molar-refractivity contribution is -0.0277. The van der Waals surface area contributed by atoms with Crippen LogP contribution in [0.5, 0.6) is 0 Å². The highest BCUT2D eigenvalue weighted by molar-refractivity contribution is 14.0. The van der Waals surface area contributed by atoms with Crippen molar-refractivity contribution in [3.05, 3.63) is 65.7 Å². The number of anilines is 1. The monoisotopic (exact) mass is 451 g/mol. The van der Waals surface area contributed by atoms with Crippen LogP contribution in [0, 0.1) is 6.92 Å². The van der Waals surface area contributed by atoms with Gasteiger partial charge in [-0.1, -0.05) is 48.0 Å². The minimum atomic E-state index is -0.580. The number of benzene rings is 2. The average Bonchev–Trinajstić information content (AvgIpc) is 2.58. The first-order valence-electron chi connectivity index (χ1n) is 8.51. The first-order chi connectivity index (χ1) is 11.6. The zero-order valence-electron chi connectivity index (χ0n) is 14.5. The number of aliphatic imine (C=N–C) groups is 1. The number of rotatable bonds is 5. The van der Waals surface area contributed by atoms with Crippen LogP contribution in [-0.2, 0) is 6.54 Å². The summed E-state index contributed by atoms with van der Waals surface area (Å²) in [7, 11) is 0. The van der Waals surface area contributed by atoms with Gasteiger partial charge < -0.3 is 15.7 Å². The van der Waals surface area contributed by atoms with E-state index in [2.05, 4.69) is 46.8 Å². The maximum atomic E-state index is 10.3. The van der Waals surface area contributed by atoms with Gasteiger partial charge in [0, 0.05) is 12.2 Å². The summed E-state index contributed by atoms with van der Waals surface area (Å²) in [4.78, 5) is 4.66. The smallest absolute Gasteiger partial charge is 0.196 e. The van der Waals surface area contributed by atoms with E-state index in [0.29, 0.717) is 19.0 Å². The standard InChI is InChI=1S/C20H25N3O.HI/c1-16-8-10-17(11-9-16)14-21-19(22-15-20(24)12-5-13-20)23-18-6-3-2-4-7-18;/h2-4,6-11,24H,5,12-15H2,1H3,(H2,21,22,23);1H. The molecule has 2 aromatic carbocycles. The van der Waals surface area contributed by atoms with Gasteiger partial charge in [-0.2, -0.15) is 0 Å². The van der Waals surface area contributed by atoms with Crippen molar-refractivity contribution in [3.8, 4) is 0 Å². The normalized spacial score (nSPS) is 15.7. The Hall–Kier alpha value is -1.60. The van der Waals surface area contributed by atoms with Crippen LogP contribution in [0.2, 0.25) is 0 Å². The van der Waals surface area contributed by atoms with E-state index in [1.807, 2.05) is 30.3 Å². The van der Waals surface area contributed by atoms with Crippen LogP contribution in [0.4, 0.5) is 5.69 Å². The second kappa shape index (κ2) is 9.20. The maximum Gasteiger partial charge on any atom is 0.196 e. The molecule has 0 radical (unpaired) electrons. The third-order valence-corrected chi connectivity index (χ3v) is 4.45. The molecule has 1 fully saturated rings. The molecule has 3 rings (SSSR count). The van der Waals surface area contributed by atoms with E-state index in [-0.39, 0.29) is 24.0 Å². The van der Waals surface area contributed by atoms with E-state index in [0.717, 1.165) is 30.5 Å². The Morgan fingerprint density at radius 3 is 2.36 bits per heavy atom. The Bertz CT molecular complexity index is 682. The van der Waals surface area contributed by atoms with E-state index in [9.17, 15) is 5.11 Å². The second-order valence-electron chi connectivity index (χ2n) is 6.57. The summed E-state index contributed by atoms with van der Waals surface area (Å²) < 4.78 is 0. The first-order valence-corrected chi connectivity index (χ1v) is 8.51. The van der Waals surface area contributed by atoms with Crippen LogP contribution in [0.15, 0.2) is 59.6 Å². The molecule has 0 bridgehead atoms. The Kier molecular flexibility index (Phi) is 7.25. The van der Waals surface area contributed by atoms with Gasteiger partial charge in [0.15, 0.2) is 5.96 Å². The molecular formula is C20H26IN3O. The topological polar surface area (TPSA) is 56.7 Å². The van der Waals surface area contributed by atoms with Crippen molar-refractivity contribution in [3.63, 3.8) is 0 Å². The zero-order valence-corrected chi connectivity index (χ0v) is 16.9. The van der Waals surface area contributed by atoms with Crippen molar-refractivity contribution in [1.82, 2.24) is 5.32 Å². The van der Waals surface area contributed by atoms with Crippen molar-refractivity contribution in [2.24, 2.45) is 4.99 Å². The van der Waals surface area contributed by atoms with E-state index < -0.39 is 5.60 Å². The number of halogens is 1. The van der Waals surface area contributed by atoms with E-state index in [4.69, 9.17) is 0 Å². The van der Waals surface area contributed by atoms with E-state index in [1.54, 1.807) is 0 Å². The average molecular weight is 451 g/mol. The van der Waals surface area contributed by atoms with Gasteiger partial charge in [0.25, 0.3) is 0 Å². The summed E-state index contributed by atoms with van der Waals surface area (Å²) in [6, 6.07) is 18.3. The fraction of sp³-hybridized carbons (Fsp3) is 0.350. The van der Waals surface area contributed by atoms with E-state index >= 15 is 0 Å². The molecule has 0 spiro atoms. The molecule has 2 aromatic rings. The number of hydrogen-bond donors (Lipinski definition) is 3. The van der Waals surface area contributed by atoms with Gasteiger partial charge in [0.1, 0.15) is 0 Å². The first kappa shape index (κ1) is 19.7. The second-order valence-corrected chi connectivity index (χ2v) is 6.57. The third kappa shape index (κ3) is 6.01. The highest BCUT2D eigenvalue weighted by Gasteiger charge is 2.34. The molecule has 1 saturated carbocycles. The molecular weight excluding hydrogens is 425 g/mol. The molecule has 4 nitrogen and oxygen atoms in total. The predicted molar refractivity (Wildman–Crippen MR) is 115 cm³/mol. The van der Waals surface area contributed by atoms with Crippen molar-refractivity contribution in [2.45, 2.75) is 38.3 Å². The molecule has 0 atom stereocenters. The molecule has 1 aliphatic carbocycles. The molecule has 0 unspecified atom stereocenters. The lowest BCUT2D eigenvalue weighted by Gasteiger charge is -2.37.